The number of pyridine rings is 1. The molecule has 12 nitrogen and oxygen atoms in total. The topological polar surface area (TPSA) is 178 Å². The number of β-lactam (4-membered cyclic amide) rings is 1. The van der Waals surface area contributed by atoms with Gasteiger partial charge in [0, 0.05) is 28.8 Å². The highest BCUT2D eigenvalue weighted by Gasteiger charge is 2.53. The molecule has 1 fully saturated rings. The number of anilines is 1. The second kappa shape index (κ2) is 9.93. The van der Waals surface area contributed by atoms with E-state index >= 15 is 0 Å². The molecule has 4 heterocycles. The van der Waals surface area contributed by atoms with Crippen LogP contribution in [0.3, 0.4) is 0 Å². The van der Waals surface area contributed by atoms with Crippen molar-refractivity contribution in [2.24, 2.45) is 0 Å². The molecule has 4 rings (SSSR count). The molecular weight excluding hydrogens is 516 g/mol. The Bertz CT molecular complexity index is 1300. The van der Waals surface area contributed by atoms with Crippen molar-refractivity contribution in [1.82, 2.24) is 19.9 Å². The number of thiazole rings is 1. The summed E-state index contributed by atoms with van der Waals surface area (Å²) in [7, 11) is -3.80. The zero-order chi connectivity index (χ0) is 25.3. The van der Waals surface area contributed by atoms with Crippen molar-refractivity contribution in [2.75, 3.05) is 17.2 Å². The molecule has 0 aromatic carbocycles. The van der Waals surface area contributed by atoms with Gasteiger partial charge in [-0.1, -0.05) is 6.07 Å². The molecule has 4 N–H and O–H groups in total. The molecule has 2 amide bonds. The third-order valence-electron chi connectivity index (χ3n) is 5.46. The molecule has 0 radical (unpaired) electrons. The second-order valence-corrected chi connectivity index (χ2v) is 11.8. The summed E-state index contributed by atoms with van der Waals surface area (Å²) >= 11 is 2.34. The van der Waals surface area contributed by atoms with E-state index in [9.17, 15) is 27.9 Å². The summed E-state index contributed by atoms with van der Waals surface area (Å²) in [5.41, 5.74) is 6.03. The largest absolute Gasteiger partial charge is 0.543 e. The maximum Gasteiger partial charge on any atom is 0.253 e. The van der Waals surface area contributed by atoms with E-state index in [1.807, 2.05) is 6.07 Å². The van der Waals surface area contributed by atoms with Gasteiger partial charge in [-0.05, 0) is 6.92 Å². The highest BCUT2D eigenvalue weighted by Crippen LogP contribution is 2.40. The van der Waals surface area contributed by atoms with E-state index in [0.29, 0.717) is 11.3 Å². The Labute approximate surface area is 209 Å². The normalized spacial score (nSPS) is 20.7. The summed E-state index contributed by atoms with van der Waals surface area (Å²) in [5, 5.41) is 15.4. The number of thioether (sulfide) groups is 1. The van der Waals surface area contributed by atoms with Crippen molar-refractivity contribution in [3.63, 3.8) is 0 Å². The second-order valence-electron chi connectivity index (χ2n) is 7.75. The van der Waals surface area contributed by atoms with Crippen LogP contribution in [0.25, 0.3) is 0 Å². The van der Waals surface area contributed by atoms with Gasteiger partial charge < -0.3 is 21.0 Å². The van der Waals surface area contributed by atoms with Crippen molar-refractivity contribution >= 4 is 56.0 Å². The van der Waals surface area contributed by atoms with Gasteiger partial charge in [-0.15, -0.1) is 23.1 Å². The lowest BCUT2D eigenvalue weighted by molar-refractivity contribution is -0.689. The van der Waals surface area contributed by atoms with E-state index in [4.69, 9.17) is 5.73 Å². The molecule has 0 bridgehead atoms. The quantitative estimate of drug-likeness (QED) is 0.243. The molecule has 2 aliphatic heterocycles. The first-order valence-electron chi connectivity index (χ1n) is 10.4. The lowest BCUT2D eigenvalue weighted by Crippen LogP contribution is -2.71. The van der Waals surface area contributed by atoms with Crippen LogP contribution in [0.15, 0.2) is 47.2 Å². The fourth-order valence-electron chi connectivity index (χ4n) is 3.73. The minimum atomic E-state index is -3.80. The number of carboxylic acids is 1. The van der Waals surface area contributed by atoms with Gasteiger partial charge in [0.2, 0.25) is 15.9 Å². The van der Waals surface area contributed by atoms with Gasteiger partial charge in [0.25, 0.3) is 5.91 Å². The van der Waals surface area contributed by atoms with Crippen LogP contribution in [0.5, 0.6) is 0 Å². The lowest BCUT2D eigenvalue weighted by Gasteiger charge is -2.50. The van der Waals surface area contributed by atoms with Crippen molar-refractivity contribution in [1.29, 1.82) is 0 Å². The highest BCUT2D eigenvalue weighted by molar-refractivity contribution is 8.00. The maximum atomic E-state index is 13.1. The molecule has 2 aliphatic rings. The third kappa shape index (κ3) is 5.17. The minimum absolute atomic E-state index is 0.0967. The minimum Gasteiger partial charge on any atom is -0.543 e. The predicted octanol–water partition coefficient (Wildman–Crippen LogP) is -1.90. The molecule has 1 saturated heterocycles. The summed E-state index contributed by atoms with van der Waals surface area (Å²) in [4.78, 5) is 43.0. The van der Waals surface area contributed by atoms with E-state index in [1.54, 1.807) is 29.1 Å². The number of carbonyl (C=O) groups excluding carboxylic acids is 3. The van der Waals surface area contributed by atoms with Crippen LogP contribution in [0.4, 0.5) is 5.13 Å². The zero-order valence-electron chi connectivity index (χ0n) is 18.4. The maximum absolute atomic E-state index is 13.1. The van der Waals surface area contributed by atoms with Crippen LogP contribution in [0.1, 0.15) is 18.7 Å². The number of rotatable bonds is 9. The molecule has 186 valence electrons. The number of nitrogens with one attached hydrogen (secondary N) is 2. The highest BCUT2D eigenvalue weighted by atomic mass is 32.2. The number of amides is 2. The Hall–Kier alpha value is -3.01. The first-order chi connectivity index (χ1) is 16.6. The number of nitrogen functional groups attached to an aromatic ring is 1. The molecule has 0 aliphatic carbocycles. The molecule has 3 atom stereocenters. The molecule has 0 spiro atoms. The van der Waals surface area contributed by atoms with Gasteiger partial charge in [0.05, 0.1) is 23.1 Å². The van der Waals surface area contributed by atoms with Gasteiger partial charge in [-0.2, -0.15) is 4.72 Å². The number of nitrogens with zero attached hydrogens (tertiary/aromatic N) is 3. The smallest absolute Gasteiger partial charge is 0.253 e. The molecule has 35 heavy (non-hydrogen) atoms. The number of aliphatic carboxylic acids is 1. The van der Waals surface area contributed by atoms with Crippen LogP contribution in [-0.2, 0) is 31.0 Å². The van der Waals surface area contributed by atoms with Gasteiger partial charge in [-0.25, -0.2) is 18.0 Å². The van der Waals surface area contributed by atoms with Crippen molar-refractivity contribution in [3.8, 4) is 0 Å². The number of carboxylic acid groups (broad SMARTS) is 1. The van der Waals surface area contributed by atoms with E-state index < -0.39 is 45.3 Å². The number of sulfonamides is 1. The molecule has 15 heteroatoms. The number of aromatic nitrogens is 2. The number of nitrogens with two attached hydrogens (primary N) is 1. The van der Waals surface area contributed by atoms with Gasteiger partial charge in [0.1, 0.15) is 17.5 Å². The monoisotopic (exact) mass is 538 g/mol. The number of carbonyl (C=O) groups is 3. The Kier molecular flexibility index (Phi) is 7.12. The van der Waals surface area contributed by atoms with E-state index in [2.05, 4.69) is 15.0 Å². The average Bonchev–Trinajstić information content (AvgIpc) is 3.27. The van der Waals surface area contributed by atoms with Gasteiger partial charge in [-0.3, -0.25) is 14.5 Å². The zero-order valence-corrected chi connectivity index (χ0v) is 20.9. The third-order valence-corrected chi connectivity index (χ3v) is 8.85. The molecule has 2 aromatic heterocycles. The van der Waals surface area contributed by atoms with Crippen molar-refractivity contribution in [2.45, 2.75) is 30.9 Å². The summed E-state index contributed by atoms with van der Waals surface area (Å²) in [6.07, 6.45) is 3.56. The summed E-state index contributed by atoms with van der Waals surface area (Å²) in [5.74, 6) is -2.87. The first kappa shape index (κ1) is 25.1. The van der Waals surface area contributed by atoms with Crippen LogP contribution in [-0.4, -0.2) is 59.0 Å². The van der Waals surface area contributed by atoms with Gasteiger partial charge in [0.15, 0.2) is 24.1 Å². The Balaban J connectivity index is 1.54. The van der Waals surface area contributed by atoms with E-state index in [0.717, 1.165) is 16.2 Å². The summed E-state index contributed by atoms with van der Waals surface area (Å²) in [6, 6.07) is 2.99. The average molecular weight is 539 g/mol. The molecular formula is C20H22N6O6S3. The van der Waals surface area contributed by atoms with Gasteiger partial charge >= 0.3 is 0 Å². The van der Waals surface area contributed by atoms with Crippen LogP contribution in [0, 0.1) is 0 Å². The van der Waals surface area contributed by atoms with E-state index in [1.165, 1.54) is 24.1 Å². The fourth-order valence-corrected chi connectivity index (χ4v) is 6.41. The van der Waals surface area contributed by atoms with Crippen molar-refractivity contribution in [3.05, 3.63) is 52.9 Å². The Morgan fingerprint density at radius 1 is 1.34 bits per heavy atom. The summed E-state index contributed by atoms with van der Waals surface area (Å²) < 4.78 is 28.4. The Morgan fingerprint density at radius 3 is 2.66 bits per heavy atom. The first-order valence-corrected chi connectivity index (χ1v) is 14.0. The van der Waals surface area contributed by atoms with Crippen LogP contribution < -0.4 is 25.4 Å². The Morgan fingerprint density at radius 2 is 2.06 bits per heavy atom. The lowest BCUT2D eigenvalue weighted by atomic mass is 10.0. The van der Waals surface area contributed by atoms with Crippen molar-refractivity contribution < 1.29 is 32.5 Å². The van der Waals surface area contributed by atoms with Crippen LogP contribution in [0.2, 0.25) is 0 Å². The number of fused-ring (bicyclic) bond motifs is 1. The van der Waals surface area contributed by atoms with E-state index in [-0.39, 0.29) is 28.8 Å². The number of hydrogen-bond acceptors (Lipinski definition) is 10. The molecule has 0 saturated carbocycles. The predicted molar refractivity (Wildman–Crippen MR) is 126 cm³/mol. The fraction of sp³-hybridized carbons (Fsp3) is 0.350. The molecule has 2 aromatic rings. The number of hydrogen-bond donors (Lipinski definition) is 3. The molecule has 0 unspecified atom stereocenters. The SMILES string of the molecule is CCS(=O)(=O)N[C@@H](C(=O)N[C@@H]1C(=O)N2C(C(=O)[O-])=C(C[n+]3ccccc3)CS[C@H]12)c1csc(N)n1. The standard InChI is InChI=1S/C20H22N6O6S3/c1-2-35(31,32)24-13(12-10-34-20(21)22-12)16(27)23-14-17(28)26-15(19(29)30)11(9-33-18(14)26)8-25-6-4-3-5-7-25/h3-7,10,13-14,18,24H,2,8-9H2,1H3,(H3-,21,22,23,27,29,30)/t13-,14-,18-/m1/s1. The summed E-state index contributed by atoms with van der Waals surface area (Å²) in [6.45, 7) is 1.68. The van der Waals surface area contributed by atoms with Crippen LogP contribution >= 0.6 is 23.1 Å².